The van der Waals surface area contributed by atoms with Gasteiger partial charge in [0.05, 0.1) is 17.8 Å². The van der Waals surface area contributed by atoms with Gasteiger partial charge < -0.3 is 10.6 Å². The Bertz CT molecular complexity index is 1370. The second-order valence-corrected chi connectivity index (χ2v) is 7.56. The lowest BCUT2D eigenvalue weighted by molar-refractivity contribution is -0.122. The average molecular weight is 444 g/mol. The number of aromatic nitrogens is 2. The predicted octanol–water partition coefficient (Wildman–Crippen LogP) is 3.67. The monoisotopic (exact) mass is 444 g/mol. The van der Waals surface area contributed by atoms with Gasteiger partial charge in [-0.25, -0.2) is 4.39 Å². The number of para-hydroxylation sites is 1. The third-order valence-electron chi connectivity index (χ3n) is 5.21. The van der Waals surface area contributed by atoms with E-state index in [1.165, 1.54) is 35.1 Å². The summed E-state index contributed by atoms with van der Waals surface area (Å²) in [6, 6.07) is 19.1. The van der Waals surface area contributed by atoms with E-state index >= 15 is 0 Å². The Hall–Kier alpha value is -4.33. The first-order valence-electron chi connectivity index (χ1n) is 10.3. The average Bonchev–Trinajstić information content (AvgIpc) is 2.82. The largest absolute Gasteiger partial charge is 0.348 e. The summed E-state index contributed by atoms with van der Waals surface area (Å²) in [7, 11) is 0. The lowest BCUT2D eigenvalue weighted by Gasteiger charge is -2.16. The van der Waals surface area contributed by atoms with Crippen LogP contribution in [0.15, 0.2) is 83.8 Å². The van der Waals surface area contributed by atoms with Crippen LogP contribution in [0, 0.1) is 5.82 Å². The molecule has 4 rings (SSSR count). The third-order valence-corrected chi connectivity index (χ3v) is 5.21. The maximum atomic E-state index is 13.0. The van der Waals surface area contributed by atoms with Crippen molar-refractivity contribution in [2.45, 2.75) is 19.5 Å². The highest BCUT2D eigenvalue weighted by atomic mass is 19.1. The molecule has 4 aromatic rings. The smallest absolute Gasteiger partial charge is 0.255 e. The van der Waals surface area contributed by atoms with Crippen molar-refractivity contribution in [2.75, 3.05) is 5.32 Å². The van der Waals surface area contributed by atoms with Gasteiger partial charge in [0.15, 0.2) is 0 Å². The molecule has 7 nitrogen and oxygen atoms in total. The number of carbonyl (C=O) groups is 2. The molecule has 2 amide bonds. The fourth-order valence-electron chi connectivity index (χ4n) is 3.45. The van der Waals surface area contributed by atoms with Crippen LogP contribution in [0.5, 0.6) is 0 Å². The van der Waals surface area contributed by atoms with Crippen LogP contribution in [0.25, 0.3) is 10.9 Å². The van der Waals surface area contributed by atoms with Crippen LogP contribution in [0.4, 0.5) is 10.1 Å². The van der Waals surface area contributed by atoms with E-state index in [1.807, 2.05) is 6.92 Å². The van der Waals surface area contributed by atoms with Crippen molar-refractivity contribution in [3.8, 4) is 0 Å². The highest BCUT2D eigenvalue weighted by Crippen LogP contribution is 2.17. The van der Waals surface area contributed by atoms with E-state index < -0.39 is 5.82 Å². The van der Waals surface area contributed by atoms with Gasteiger partial charge in [0.1, 0.15) is 12.4 Å². The van der Waals surface area contributed by atoms with Crippen molar-refractivity contribution in [3.05, 3.63) is 106 Å². The van der Waals surface area contributed by atoms with Gasteiger partial charge in [-0.2, -0.15) is 5.10 Å². The fourth-order valence-corrected chi connectivity index (χ4v) is 3.45. The zero-order chi connectivity index (χ0) is 23.4. The van der Waals surface area contributed by atoms with Gasteiger partial charge in [0.2, 0.25) is 11.3 Å². The normalized spacial score (nSPS) is 11.7. The van der Waals surface area contributed by atoms with Crippen LogP contribution < -0.4 is 16.1 Å². The van der Waals surface area contributed by atoms with Gasteiger partial charge in [-0.3, -0.25) is 19.1 Å². The number of amides is 2. The summed E-state index contributed by atoms with van der Waals surface area (Å²) >= 11 is 0. The molecule has 1 heterocycles. The summed E-state index contributed by atoms with van der Waals surface area (Å²) in [6.07, 6.45) is 1.21. The van der Waals surface area contributed by atoms with E-state index in [1.54, 1.807) is 48.5 Å². The maximum Gasteiger partial charge on any atom is 0.255 e. The van der Waals surface area contributed by atoms with E-state index in [2.05, 4.69) is 15.7 Å². The van der Waals surface area contributed by atoms with Crippen molar-refractivity contribution >= 4 is 28.4 Å². The molecule has 1 atom stereocenters. The summed E-state index contributed by atoms with van der Waals surface area (Å²) < 4.78 is 14.5. The topological polar surface area (TPSA) is 93.1 Å². The highest BCUT2D eigenvalue weighted by molar-refractivity contribution is 6.04. The summed E-state index contributed by atoms with van der Waals surface area (Å²) in [5.41, 5.74) is 2.18. The molecule has 0 saturated heterocycles. The molecule has 33 heavy (non-hydrogen) atoms. The Morgan fingerprint density at radius 1 is 1.00 bits per heavy atom. The first kappa shape index (κ1) is 21.9. The van der Waals surface area contributed by atoms with E-state index in [-0.39, 0.29) is 29.8 Å². The van der Waals surface area contributed by atoms with Gasteiger partial charge >= 0.3 is 0 Å². The zero-order valence-corrected chi connectivity index (χ0v) is 17.8. The van der Waals surface area contributed by atoms with Gasteiger partial charge in [-0.05, 0) is 61.0 Å². The molecule has 1 aromatic heterocycles. The van der Waals surface area contributed by atoms with E-state index in [9.17, 15) is 18.8 Å². The van der Waals surface area contributed by atoms with Crippen LogP contribution in [-0.2, 0) is 11.3 Å². The molecular weight excluding hydrogens is 423 g/mol. The van der Waals surface area contributed by atoms with Crippen molar-refractivity contribution < 1.29 is 14.0 Å². The molecule has 0 spiro atoms. The Morgan fingerprint density at radius 2 is 1.70 bits per heavy atom. The molecule has 0 aliphatic rings. The van der Waals surface area contributed by atoms with Crippen molar-refractivity contribution in [2.24, 2.45) is 0 Å². The molecular formula is C25H21FN4O3. The van der Waals surface area contributed by atoms with E-state index in [0.717, 1.165) is 5.56 Å². The Balaban J connectivity index is 1.38. The van der Waals surface area contributed by atoms with Crippen LogP contribution in [0.3, 0.4) is 0 Å². The summed E-state index contributed by atoms with van der Waals surface area (Å²) in [5, 5.41) is 10.3. The minimum absolute atomic E-state index is 0.0308. The summed E-state index contributed by atoms with van der Waals surface area (Å²) in [5.74, 6) is -1.00. The van der Waals surface area contributed by atoms with Crippen molar-refractivity contribution in [1.29, 1.82) is 0 Å². The first-order chi connectivity index (χ1) is 15.9. The van der Waals surface area contributed by atoms with E-state index in [0.29, 0.717) is 22.2 Å². The van der Waals surface area contributed by atoms with Crippen LogP contribution in [0.1, 0.15) is 28.9 Å². The number of anilines is 1. The molecule has 1 unspecified atom stereocenters. The number of carbonyl (C=O) groups excluding carboxylic acids is 2. The SMILES string of the molecule is CC(NC(=O)Cn1ncc(=O)c2ccccc21)c1ccc(NC(=O)c2ccc(F)cc2)cc1. The second kappa shape index (κ2) is 9.44. The highest BCUT2D eigenvalue weighted by Gasteiger charge is 2.13. The molecule has 0 aliphatic carbocycles. The van der Waals surface area contributed by atoms with Crippen LogP contribution in [0.2, 0.25) is 0 Å². The van der Waals surface area contributed by atoms with Crippen molar-refractivity contribution in [1.82, 2.24) is 15.1 Å². The number of hydrogen-bond acceptors (Lipinski definition) is 4. The minimum Gasteiger partial charge on any atom is -0.348 e. The predicted molar refractivity (Wildman–Crippen MR) is 123 cm³/mol. The maximum absolute atomic E-state index is 13.0. The van der Waals surface area contributed by atoms with Gasteiger partial charge in [-0.15, -0.1) is 0 Å². The molecule has 0 radical (unpaired) electrons. The number of nitrogens with zero attached hydrogens (tertiary/aromatic N) is 2. The quantitative estimate of drug-likeness (QED) is 0.475. The molecule has 0 fully saturated rings. The molecule has 3 aromatic carbocycles. The van der Waals surface area contributed by atoms with Crippen molar-refractivity contribution in [3.63, 3.8) is 0 Å². The molecule has 166 valence electrons. The lowest BCUT2D eigenvalue weighted by Crippen LogP contribution is -2.31. The molecule has 8 heteroatoms. The fraction of sp³-hybridized carbons (Fsp3) is 0.120. The zero-order valence-electron chi connectivity index (χ0n) is 17.8. The van der Waals surface area contributed by atoms with Crippen LogP contribution in [-0.4, -0.2) is 21.6 Å². The Morgan fingerprint density at radius 3 is 2.42 bits per heavy atom. The minimum atomic E-state index is -0.406. The summed E-state index contributed by atoms with van der Waals surface area (Å²) in [6.45, 7) is 1.82. The standard InChI is InChI=1S/C25H21FN4O3/c1-16(28-24(32)15-30-22-5-3-2-4-21(22)23(31)14-27-30)17-8-12-20(13-9-17)29-25(33)18-6-10-19(26)11-7-18/h2-14,16H,15H2,1H3,(H,28,32)(H,29,33). The third kappa shape index (κ3) is 5.12. The number of halogens is 1. The molecule has 0 aliphatic heterocycles. The Kier molecular flexibility index (Phi) is 6.26. The van der Waals surface area contributed by atoms with Gasteiger partial charge in [0, 0.05) is 16.6 Å². The Labute approximate surface area is 188 Å². The molecule has 2 N–H and O–H groups in total. The van der Waals surface area contributed by atoms with Gasteiger partial charge in [-0.1, -0.05) is 24.3 Å². The number of hydrogen-bond donors (Lipinski definition) is 2. The van der Waals surface area contributed by atoms with E-state index in [4.69, 9.17) is 0 Å². The molecule has 0 saturated carbocycles. The lowest BCUT2D eigenvalue weighted by atomic mass is 10.1. The second-order valence-electron chi connectivity index (χ2n) is 7.56. The number of rotatable bonds is 6. The summed E-state index contributed by atoms with van der Waals surface area (Å²) in [4.78, 5) is 36.8. The van der Waals surface area contributed by atoms with Gasteiger partial charge in [0.25, 0.3) is 5.91 Å². The number of fused-ring (bicyclic) bond motifs is 1. The number of benzene rings is 3. The first-order valence-corrected chi connectivity index (χ1v) is 10.3. The van der Waals surface area contributed by atoms with Crippen LogP contribution >= 0.6 is 0 Å². The molecule has 0 bridgehead atoms. The number of nitrogens with one attached hydrogen (secondary N) is 2.